The molecule has 0 saturated carbocycles. The largest absolute Gasteiger partial charge is 0.379 e. The molecule has 1 aliphatic heterocycles. The van der Waals surface area contributed by atoms with E-state index in [1.54, 1.807) is 12.1 Å². The molecule has 128 valence electrons. The Morgan fingerprint density at radius 1 is 0.840 bits per heavy atom. The number of hydrogen-bond acceptors (Lipinski definition) is 3. The molecule has 0 aromatic heterocycles. The first-order chi connectivity index (χ1) is 12.3. The van der Waals surface area contributed by atoms with Gasteiger partial charge in [-0.25, -0.2) is 0 Å². The second-order valence-corrected chi connectivity index (χ2v) is 5.52. The molecule has 0 bridgehead atoms. The number of benzene rings is 2. The van der Waals surface area contributed by atoms with Crippen LogP contribution in [0.25, 0.3) is 0 Å². The highest BCUT2D eigenvalue weighted by molar-refractivity contribution is 5.45. The van der Waals surface area contributed by atoms with Gasteiger partial charge >= 0.3 is 0 Å². The number of rotatable bonds is 2. The van der Waals surface area contributed by atoms with Crippen molar-refractivity contribution in [1.82, 2.24) is 4.90 Å². The molecular weight excluding hydrogens is 308 g/mol. The second kappa shape index (κ2) is 10.3. The van der Waals surface area contributed by atoms with Gasteiger partial charge in [-0.1, -0.05) is 37.8 Å². The van der Waals surface area contributed by atoms with Gasteiger partial charge in [0.2, 0.25) is 0 Å². The van der Waals surface area contributed by atoms with E-state index in [4.69, 9.17) is 10.00 Å². The Labute approximate surface area is 150 Å². The average molecular weight is 332 g/mol. The van der Waals surface area contributed by atoms with Crippen LogP contribution in [0.4, 0.5) is 0 Å². The molecule has 3 heteroatoms. The molecule has 0 aliphatic carbocycles. The minimum absolute atomic E-state index is 0.656. The van der Waals surface area contributed by atoms with Gasteiger partial charge in [-0.15, -0.1) is 0 Å². The van der Waals surface area contributed by atoms with E-state index in [9.17, 15) is 0 Å². The Balaban J connectivity index is 0.00000109. The number of nitriles is 1. The molecule has 0 N–H and O–H groups in total. The summed E-state index contributed by atoms with van der Waals surface area (Å²) >= 11 is 0. The average Bonchev–Trinajstić information content (AvgIpc) is 2.70. The molecular formula is C22H24N2O. The van der Waals surface area contributed by atoms with Crippen molar-refractivity contribution in [1.29, 1.82) is 5.26 Å². The van der Waals surface area contributed by atoms with Crippen LogP contribution in [0.1, 0.15) is 36.1 Å². The molecule has 1 fully saturated rings. The quantitative estimate of drug-likeness (QED) is 0.785. The molecule has 3 nitrogen and oxygen atoms in total. The Bertz CT molecular complexity index is 740. The minimum atomic E-state index is 0.656. The zero-order valence-electron chi connectivity index (χ0n) is 15.0. The molecule has 2 aromatic carbocycles. The van der Waals surface area contributed by atoms with Gasteiger partial charge in [0.05, 0.1) is 24.8 Å². The topological polar surface area (TPSA) is 36.3 Å². The fourth-order valence-electron chi connectivity index (χ4n) is 2.48. The summed E-state index contributed by atoms with van der Waals surface area (Å²) in [5.41, 5.74) is 3.88. The summed E-state index contributed by atoms with van der Waals surface area (Å²) in [7, 11) is 0. The van der Waals surface area contributed by atoms with Gasteiger partial charge in [0.25, 0.3) is 0 Å². The first-order valence-corrected chi connectivity index (χ1v) is 8.75. The molecule has 25 heavy (non-hydrogen) atoms. The van der Waals surface area contributed by atoms with Gasteiger partial charge < -0.3 is 4.74 Å². The van der Waals surface area contributed by atoms with Crippen LogP contribution in [0.3, 0.4) is 0 Å². The van der Waals surface area contributed by atoms with E-state index in [2.05, 4.69) is 47.1 Å². The lowest BCUT2D eigenvalue weighted by atomic mass is 10.1. The van der Waals surface area contributed by atoms with Crippen LogP contribution in [-0.4, -0.2) is 31.2 Å². The van der Waals surface area contributed by atoms with Crippen LogP contribution in [0.5, 0.6) is 0 Å². The highest BCUT2D eigenvalue weighted by Gasteiger charge is 2.10. The lowest BCUT2D eigenvalue weighted by molar-refractivity contribution is 0.0342. The molecule has 0 spiro atoms. The maximum absolute atomic E-state index is 8.78. The van der Waals surface area contributed by atoms with Crippen LogP contribution >= 0.6 is 0 Å². The monoisotopic (exact) mass is 332 g/mol. The summed E-state index contributed by atoms with van der Waals surface area (Å²) in [6.07, 6.45) is 0. The SMILES string of the molecule is CC.N#Cc1ccc(C#Cc2ccc(CN3CCOCC3)cc2)cc1. The van der Waals surface area contributed by atoms with Crippen molar-refractivity contribution in [2.45, 2.75) is 20.4 Å². The number of morpholine rings is 1. The van der Waals surface area contributed by atoms with Crippen molar-refractivity contribution < 1.29 is 4.74 Å². The molecule has 1 heterocycles. The van der Waals surface area contributed by atoms with Crippen molar-refractivity contribution in [3.05, 3.63) is 70.8 Å². The van der Waals surface area contributed by atoms with Crippen LogP contribution in [0.2, 0.25) is 0 Å². The van der Waals surface area contributed by atoms with E-state index in [1.807, 2.05) is 26.0 Å². The molecule has 0 amide bonds. The molecule has 0 radical (unpaired) electrons. The Morgan fingerprint density at radius 3 is 1.84 bits per heavy atom. The fraction of sp³-hybridized carbons (Fsp3) is 0.318. The third-order valence-electron chi connectivity index (χ3n) is 3.83. The van der Waals surface area contributed by atoms with Crippen molar-refractivity contribution in [2.24, 2.45) is 0 Å². The van der Waals surface area contributed by atoms with Gasteiger partial charge in [-0.2, -0.15) is 5.26 Å². The predicted octanol–water partition coefficient (Wildman–Crippen LogP) is 3.82. The Kier molecular flexibility index (Phi) is 7.73. The zero-order chi connectivity index (χ0) is 17.9. The van der Waals surface area contributed by atoms with Crippen LogP contribution in [-0.2, 0) is 11.3 Å². The van der Waals surface area contributed by atoms with E-state index in [0.717, 1.165) is 44.0 Å². The number of ether oxygens (including phenoxy) is 1. The summed E-state index contributed by atoms with van der Waals surface area (Å²) in [6.45, 7) is 8.62. The third-order valence-corrected chi connectivity index (χ3v) is 3.83. The highest BCUT2D eigenvalue weighted by Crippen LogP contribution is 2.09. The van der Waals surface area contributed by atoms with E-state index in [-0.39, 0.29) is 0 Å². The maximum Gasteiger partial charge on any atom is 0.0991 e. The number of hydrogen-bond donors (Lipinski definition) is 0. The molecule has 2 aromatic rings. The minimum Gasteiger partial charge on any atom is -0.379 e. The van der Waals surface area contributed by atoms with Crippen molar-refractivity contribution in [2.75, 3.05) is 26.3 Å². The van der Waals surface area contributed by atoms with Gasteiger partial charge in [0.15, 0.2) is 0 Å². The van der Waals surface area contributed by atoms with Crippen LogP contribution in [0, 0.1) is 23.2 Å². The Hall–Kier alpha value is -2.59. The molecule has 0 atom stereocenters. The van der Waals surface area contributed by atoms with Crippen molar-refractivity contribution in [3.8, 4) is 17.9 Å². The van der Waals surface area contributed by atoms with Gasteiger partial charge in [-0.05, 0) is 42.0 Å². The third kappa shape index (κ3) is 6.08. The van der Waals surface area contributed by atoms with Crippen molar-refractivity contribution in [3.63, 3.8) is 0 Å². The lowest BCUT2D eigenvalue weighted by Crippen LogP contribution is -2.35. The summed E-state index contributed by atoms with van der Waals surface area (Å²) < 4.78 is 5.37. The number of nitrogens with zero attached hydrogens (tertiary/aromatic N) is 2. The smallest absolute Gasteiger partial charge is 0.0991 e. The fourth-order valence-corrected chi connectivity index (χ4v) is 2.48. The van der Waals surface area contributed by atoms with E-state index < -0.39 is 0 Å². The molecule has 1 saturated heterocycles. The lowest BCUT2D eigenvalue weighted by Gasteiger charge is -2.26. The summed E-state index contributed by atoms with van der Waals surface area (Å²) in [4.78, 5) is 2.40. The highest BCUT2D eigenvalue weighted by atomic mass is 16.5. The van der Waals surface area contributed by atoms with Crippen molar-refractivity contribution >= 4 is 0 Å². The van der Waals surface area contributed by atoms with E-state index in [1.165, 1.54) is 5.56 Å². The van der Waals surface area contributed by atoms with Gasteiger partial charge in [0, 0.05) is 30.8 Å². The van der Waals surface area contributed by atoms with Gasteiger partial charge in [-0.3, -0.25) is 4.90 Å². The second-order valence-electron chi connectivity index (χ2n) is 5.52. The summed E-state index contributed by atoms with van der Waals surface area (Å²) in [5.74, 6) is 6.29. The normalized spacial score (nSPS) is 13.6. The molecule has 3 rings (SSSR count). The predicted molar refractivity (Wildman–Crippen MR) is 101 cm³/mol. The van der Waals surface area contributed by atoms with Crippen LogP contribution in [0.15, 0.2) is 48.5 Å². The first-order valence-electron chi connectivity index (χ1n) is 8.75. The first kappa shape index (κ1) is 18.7. The summed E-state index contributed by atoms with van der Waals surface area (Å²) in [6, 6.07) is 17.8. The van der Waals surface area contributed by atoms with Gasteiger partial charge in [0.1, 0.15) is 0 Å². The van der Waals surface area contributed by atoms with E-state index in [0.29, 0.717) is 5.56 Å². The summed E-state index contributed by atoms with van der Waals surface area (Å²) in [5, 5.41) is 8.78. The standard InChI is InChI=1S/C20H18N2O.C2H6/c21-15-19-7-3-17(4-8-19)1-2-18-5-9-20(10-6-18)16-22-11-13-23-14-12-22;1-2/h3-10H,11-14,16H2;1-2H3. The van der Waals surface area contributed by atoms with Crippen LogP contribution < -0.4 is 0 Å². The zero-order valence-corrected chi connectivity index (χ0v) is 15.0. The Morgan fingerprint density at radius 2 is 1.32 bits per heavy atom. The molecule has 0 unspecified atom stereocenters. The van der Waals surface area contributed by atoms with E-state index >= 15 is 0 Å². The maximum atomic E-state index is 8.78. The molecule has 1 aliphatic rings.